The zero-order valence-corrected chi connectivity index (χ0v) is 13.2. The molecule has 0 aromatic heterocycles. The number of amides is 2. The lowest BCUT2D eigenvalue weighted by molar-refractivity contribution is -0.149. The number of carbonyl (C=O) groups is 2. The van der Waals surface area contributed by atoms with Crippen LogP contribution in [0.1, 0.15) is 39.0 Å². The molecule has 1 aliphatic carbocycles. The van der Waals surface area contributed by atoms with Gasteiger partial charge >= 0.3 is 12.0 Å². The first-order valence-electron chi connectivity index (χ1n) is 8.39. The first-order chi connectivity index (χ1) is 10.5. The van der Waals surface area contributed by atoms with Crippen molar-refractivity contribution in [3.8, 4) is 0 Å². The monoisotopic (exact) mass is 310 g/mol. The van der Waals surface area contributed by atoms with E-state index in [2.05, 4.69) is 12.2 Å². The second-order valence-corrected chi connectivity index (χ2v) is 7.19. The Hall–Kier alpha value is -1.30. The lowest BCUT2D eigenvalue weighted by atomic mass is 9.81. The molecule has 6 nitrogen and oxygen atoms in total. The van der Waals surface area contributed by atoms with Gasteiger partial charge in [-0.05, 0) is 44.4 Å². The molecule has 2 saturated heterocycles. The van der Waals surface area contributed by atoms with Crippen LogP contribution in [0.4, 0.5) is 4.79 Å². The van der Waals surface area contributed by atoms with Crippen LogP contribution in [0.3, 0.4) is 0 Å². The first kappa shape index (κ1) is 15.6. The third-order valence-electron chi connectivity index (χ3n) is 5.72. The highest BCUT2D eigenvalue weighted by Gasteiger charge is 2.55. The second kappa shape index (κ2) is 6.07. The van der Waals surface area contributed by atoms with Crippen LogP contribution in [-0.4, -0.2) is 54.4 Å². The number of rotatable bonds is 3. The largest absolute Gasteiger partial charge is 0.481 e. The van der Waals surface area contributed by atoms with Crippen LogP contribution in [0.2, 0.25) is 0 Å². The van der Waals surface area contributed by atoms with Crippen molar-refractivity contribution in [3.63, 3.8) is 0 Å². The van der Waals surface area contributed by atoms with E-state index in [-0.39, 0.29) is 18.1 Å². The zero-order valence-electron chi connectivity index (χ0n) is 13.2. The number of urea groups is 1. The normalized spacial score (nSPS) is 37.9. The lowest BCUT2D eigenvalue weighted by Crippen LogP contribution is -2.43. The van der Waals surface area contributed by atoms with Crippen LogP contribution in [0.5, 0.6) is 0 Å². The Morgan fingerprint density at radius 2 is 2.23 bits per heavy atom. The fourth-order valence-corrected chi connectivity index (χ4v) is 4.41. The third-order valence-corrected chi connectivity index (χ3v) is 5.72. The molecule has 3 aliphatic rings. The Labute approximate surface area is 131 Å². The number of ether oxygens (including phenoxy) is 1. The Balaban J connectivity index is 1.52. The molecule has 0 spiro atoms. The minimum atomic E-state index is -0.733. The Kier molecular flexibility index (Phi) is 4.30. The van der Waals surface area contributed by atoms with Crippen molar-refractivity contribution in [1.82, 2.24) is 10.2 Å². The Morgan fingerprint density at radius 1 is 1.41 bits per heavy atom. The minimum Gasteiger partial charge on any atom is -0.481 e. The van der Waals surface area contributed by atoms with E-state index >= 15 is 0 Å². The number of hydrogen-bond acceptors (Lipinski definition) is 3. The molecule has 2 aliphatic heterocycles. The van der Waals surface area contributed by atoms with E-state index in [1.165, 1.54) is 0 Å². The maximum absolute atomic E-state index is 12.4. The summed E-state index contributed by atoms with van der Waals surface area (Å²) in [5.41, 5.74) is -0.690. The highest BCUT2D eigenvalue weighted by Crippen LogP contribution is 2.48. The predicted octanol–water partition coefficient (Wildman–Crippen LogP) is 1.70. The van der Waals surface area contributed by atoms with E-state index in [0.29, 0.717) is 32.0 Å². The molecule has 0 aromatic rings. The standard InChI is InChI=1S/C16H26N2O4/c1-11-7-12(4-6-22-11)8-17-15(21)18-9-13-3-2-5-16(13,10-18)14(19)20/h11-13H,2-10H2,1H3,(H,17,21)(H,19,20)/t11?,12?,13-,16+/m0/s1. The van der Waals surface area contributed by atoms with Crippen LogP contribution in [0, 0.1) is 17.3 Å². The number of aliphatic carboxylic acids is 1. The molecule has 2 amide bonds. The van der Waals surface area contributed by atoms with Crippen LogP contribution in [-0.2, 0) is 9.53 Å². The molecular formula is C16H26N2O4. The van der Waals surface area contributed by atoms with E-state index in [9.17, 15) is 14.7 Å². The highest BCUT2D eigenvalue weighted by atomic mass is 16.5. The molecular weight excluding hydrogens is 284 g/mol. The van der Waals surface area contributed by atoms with Gasteiger partial charge in [0.05, 0.1) is 11.5 Å². The molecule has 2 unspecified atom stereocenters. The second-order valence-electron chi connectivity index (χ2n) is 7.19. The Morgan fingerprint density at radius 3 is 2.91 bits per heavy atom. The van der Waals surface area contributed by atoms with Gasteiger partial charge in [-0.3, -0.25) is 4.79 Å². The first-order valence-corrected chi connectivity index (χ1v) is 8.39. The summed E-state index contributed by atoms with van der Waals surface area (Å²) in [6.07, 6.45) is 4.81. The van der Waals surface area contributed by atoms with Crippen molar-refractivity contribution in [1.29, 1.82) is 0 Å². The third kappa shape index (κ3) is 2.81. The van der Waals surface area contributed by atoms with E-state index in [0.717, 1.165) is 32.3 Å². The average Bonchev–Trinajstić information content (AvgIpc) is 3.02. The molecule has 2 heterocycles. The van der Waals surface area contributed by atoms with E-state index in [1.807, 2.05) is 0 Å². The number of likely N-dealkylation sites (tertiary alicyclic amines) is 1. The van der Waals surface area contributed by atoms with Crippen molar-refractivity contribution in [2.24, 2.45) is 17.3 Å². The summed E-state index contributed by atoms with van der Waals surface area (Å²) >= 11 is 0. The fraction of sp³-hybridized carbons (Fsp3) is 0.875. The van der Waals surface area contributed by atoms with Gasteiger partial charge in [0, 0.05) is 26.2 Å². The summed E-state index contributed by atoms with van der Waals surface area (Å²) in [5, 5.41) is 12.6. The number of nitrogens with zero attached hydrogens (tertiary/aromatic N) is 1. The maximum atomic E-state index is 12.4. The fourth-order valence-electron chi connectivity index (χ4n) is 4.41. The van der Waals surface area contributed by atoms with Crippen LogP contribution in [0.15, 0.2) is 0 Å². The number of carboxylic acid groups (broad SMARTS) is 1. The highest BCUT2D eigenvalue weighted by molar-refractivity contribution is 5.80. The van der Waals surface area contributed by atoms with Crippen molar-refractivity contribution in [3.05, 3.63) is 0 Å². The summed E-state index contributed by atoms with van der Waals surface area (Å²) in [6, 6.07) is -0.103. The number of fused-ring (bicyclic) bond motifs is 1. The molecule has 0 radical (unpaired) electrons. The van der Waals surface area contributed by atoms with Gasteiger partial charge in [-0.1, -0.05) is 6.42 Å². The van der Waals surface area contributed by atoms with E-state index < -0.39 is 11.4 Å². The molecule has 3 fully saturated rings. The minimum absolute atomic E-state index is 0.103. The molecule has 4 atom stereocenters. The Bertz CT molecular complexity index is 455. The molecule has 3 rings (SSSR count). The lowest BCUT2D eigenvalue weighted by Gasteiger charge is -2.28. The van der Waals surface area contributed by atoms with Crippen molar-refractivity contribution >= 4 is 12.0 Å². The van der Waals surface area contributed by atoms with Gasteiger partial charge in [0.15, 0.2) is 0 Å². The van der Waals surface area contributed by atoms with Crippen LogP contribution in [0.25, 0.3) is 0 Å². The van der Waals surface area contributed by atoms with Crippen LogP contribution >= 0.6 is 0 Å². The van der Waals surface area contributed by atoms with Gasteiger partial charge in [0.25, 0.3) is 0 Å². The van der Waals surface area contributed by atoms with Gasteiger partial charge in [0.2, 0.25) is 0 Å². The smallest absolute Gasteiger partial charge is 0.317 e. The van der Waals surface area contributed by atoms with Crippen molar-refractivity contribution in [2.75, 3.05) is 26.2 Å². The van der Waals surface area contributed by atoms with Gasteiger partial charge in [-0.25, -0.2) is 4.79 Å². The maximum Gasteiger partial charge on any atom is 0.317 e. The predicted molar refractivity (Wildman–Crippen MR) is 80.5 cm³/mol. The topological polar surface area (TPSA) is 78.9 Å². The van der Waals surface area contributed by atoms with Crippen LogP contribution < -0.4 is 5.32 Å². The molecule has 22 heavy (non-hydrogen) atoms. The van der Waals surface area contributed by atoms with Gasteiger partial charge < -0.3 is 20.1 Å². The number of nitrogens with one attached hydrogen (secondary N) is 1. The SMILES string of the molecule is CC1CC(CNC(=O)N2C[C@@H]3CCC[C@@]3(C(=O)O)C2)CCO1. The molecule has 6 heteroatoms. The summed E-state index contributed by atoms with van der Waals surface area (Å²) < 4.78 is 5.52. The van der Waals surface area contributed by atoms with Crippen molar-refractivity contribution in [2.45, 2.75) is 45.1 Å². The molecule has 0 aromatic carbocycles. The van der Waals surface area contributed by atoms with Gasteiger partial charge in [-0.15, -0.1) is 0 Å². The van der Waals surface area contributed by atoms with E-state index in [1.54, 1.807) is 4.90 Å². The molecule has 124 valence electrons. The van der Waals surface area contributed by atoms with Crippen molar-refractivity contribution < 1.29 is 19.4 Å². The zero-order chi connectivity index (χ0) is 15.7. The average molecular weight is 310 g/mol. The summed E-state index contributed by atoms with van der Waals surface area (Å²) in [7, 11) is 0. The number of hydrogen-bond donors (Lipinski definition) is 2. The van der Waals surface area contributed by atoms with Gasteiger partial charge in [0.1, 0.15) is 0 Å². The van der Waals surface area contributed by atoms with Gasteiger partial charge in [-0.2, -0.15) is 0 Å². The summed E-state index contributed by atoms with van der Waals surface area (Å²) in [4.78, 5) is 25.7. The van der Waals surface area contributed by atoms with E-state index in [4.69, 9.17) is 4.74 Å². The summed E-state index contributed by atoms with van der Waals surface area (Å²) in [5.74, 6) is -0.148. The quantitative estimate of drug-likeness (QED) is 0.831. The number of carbonyl (C=O) groups excluding carboxylic acids is 1. The molecule has 2 N–H and O–H groups in total. The number of carboxylic acids is 1. The summed E-state index contributed by atoms with van der Waals surface area (Å²) in [6.45, 7) is 4.43. The molecule has 0 bridgehead atoms. The molecule has 1 saturated carbocycles.